The number of fused-ring (bicyclic) bond motifs is 1. The van der Waals surface area contributed by atoms with Crippen LogP contribution in [0, 0.1) is 6.92 Å². The van der Waals surface area contributed by atoms with E-state index in [0.29, 0.717) is 5.82 Å². The second kappa shape index (κ2) is 7.65. The molecule has 2 heterocycles. The number of aryl methyl sites for hydroxylation is 1. The molecule has 0 spiro atoms. The first-order valence-electron chi connectivity index (χ1n) is 8.85. The molecular weight excluding hydrogens is 346 g/mol. The van der Waals surface area contributed by atoms with Gasteiger partial charge in [-0.15, -0.1) is 0 Å². The van der Waals surface area contributed by atoms with E-state index in [1.165, 1.54) is 0 Å². The van der Waals surface area contributed by atoms with Gasteiger partial charge in [0.2, 0.25) is 0 Å². The van der Waals surface area contributed by atoms with Crippen molar-refractivity contribution in [3.8, 4) is 0 Å². The third-order valence-corrected chi connectivity index (χ3v) is 4.23. The van der Waals surface area contributed by atoms with E-state index in [9.17, 15) is 9.59 Å². The number of carbonyl (C=O) groups excluding carboxylic acids is 2. The van der Waals surface area contributed by atoms with Gasteiger partial charge in [0.15, 0.2) is 6.10 Å². The number of nitrogens with zero attached hydrogens (tertiary/aromatic N) is 2. The van der Waals surface area contributed by atoms with Gasteiger partial charge in [-0.2, -0.15) is 5.10 Å². The highest BCUT2D eigenvalue weighted by atomic mass is 16.5. The van der Waals surface area contributed by atoms with Crippen molar-refractivity contribution in [3.63, 3.8) is 0 Å². The summed E-state index contributed by atoms with van der Waals surface area (Å²) in [6, 6.07) is 7.59. The third-order valence-electron chi connectivity index (χ3n) is 4.23. The third kappa shape index (κ3) is 4.19. The number of nitrogens with one attached hydrogen (secondary N) is 1. The summed E-state index contributed by atoms with van der Waals surface area (Å²) in [5.41, 5.74) is 2.54. The lowest BCUT2D eigenvalue weighted by Gasteiger charge is -2.15. The molecule has 7 heteroatoms. The molecule has 1 atom stereocenters. The van der Waals surface area contributed by atoms with Gasteiger partial charge in [0.25, 0.3) is 5.91 Å². The van der Waals surface area contributed by atoms with E-state index < -0.39 is 18.0 Å². The molecule has 2 aromatic heterocycles. The molecule has 0 aliphatic rings. The number of hydrogen-bond acceptors (Lipinski definition) is 5. The molecule has 1 N–H and O–H groups in total. The monoisotopic (exact) mass is 369 g/mol. The van der Waals surface area contributed by atoms with E-state index in [4.69, 9.17) is 9.15 Å². The number of anilines is 1. The van der Waals surface area contributed by atoms with Gasteiger partial charge < -0.3 is 14.5 Å². The molecule has 0 saturated carbocycles. The Hall–Kier alpha value is -3.09. The molecule has 142 valence electrons. The number of furan rings is 1. The quantitative estimate of drug-likeness (QED) is 0.671. The fourth-order valence-corrected chi connectivity index (χ4v) is 2.83. The minimum Gasteiger partial charge on any atom is -0.464 e. The minimum absolute atomic E-state index is 0.0393. The molecule has 0 radical (unpaired) electrons. The Balaban J connectivity index is 1.61. The zero-order chi connectivity index (χ0) is 19.6. The Kier molecular flexibility index (Phi) is 5.30. The largest absolute Gasteiger partial charge is 0.464 e. The molecule has 1 amide bonds. The predicted octanol–water partition coefficient (Wildman–Crippen LogP) is 3.63. The lowest BCUT2D eigenvalue weighted by atomic mass is 10.1. The van der Waals surface area contributed by atoms with Crippen molar-refractivity contribution in [3.05, 3.63) is 47.9 Å². The molecular formula is C20H23N3O4. The topological polar surface area (TPSA) is 86.4 Å². The molecule has 3 rings (SSSR count). The molecule has 1 aromatic carbocycles. The van der Waals surface area contributed by atoms with Crippen molar-refractivity contribution in [1.82, 2.24) is 9.78 Å². The van der Waals surface area contributed by atoms with Gasteiger partial charge in [0, 0.05) is 23.1 Å². The summed E-state index contributed by atoms with van der Waals surface area (Å²) in [7, 11) is 0. The molecule has 0 aliphatic heterocycles. The second-order valence-electron chi connectivity index (χ2n) is 6.81. The molecule has 0 aliphatic carbocycles. The average Bonchev–Trinajstić information content (AvgIpc) is 3.21. The molecule has 0 bridgehead atoms. The number of aromatic nitrogens is 2. The van der Waals surface area contributed by atoms with E-state index in [1.54, 1.807) is 30.1 Å². The van der Waals surface area contributed by atoms with Crippen LogP contribution in [0.3, 0.4) is 0 Å². The maximum Gasteiger partial charge on any atom is 0.311 e. The highest BCUT2D eigenvalue weighted by Crippen LogP contribution is 2.23. The van der Waals surface area contributed by atoms with Crippen LogP contribution in [0.4, 0.5) is 5.82 Å². The summed E-state index contributed by atoms with van der Waals surface area (Å²) in [6.45, 7) is 7.44. The van der Waals surface area contributed by atoms with E-state index in [1.807, 2.05) is 39.0 Å². The maximum atomic E-state index is 12.3. The number of benzene rings is 1. The Morgan fingerprint density at radius 1 is 1.26 bits per heavy atom. The van der Waals surface area contributed by atoms with Gasteiger partial charge in [0.1, 0.15) is 11.4 Å². The molecule has 7 nitrogen and oxygen atoms in total. The van der Waals surface area contributed by atoms with Crippen LogP contribution in [0.2, 0.25) is 0 Å². The number of carbonyl (C=O) groups is 2. The van der Waals surface area contributed by atoms with Gasteiger partial charge in [-0.25, -0.2) is 4.68 Å². The van der Waals surface area contributed by atoms with E-state index >= 15 is 0 Å². The normalized spacial score (nSPS) is 12.3. The van der Waals surface area contributed by atoms with Gasteiger partial charge >= 0.3 is 5.97 Å². The first-order chi connectivity index (χ1) is 12.8. The summed E-state index contributed by atoms with van der Waals surface area (Å²) >= 11 is 0. The zero-order valence-electron chi connectivity index (χ0n) is 15.9. The van der Waals surface area contributed by atoms with Crippen LogP contribution in [-0.2, 0) is 20.7 Å². The predicted molar refractivity (Wildman–Crippen MR) is 101 cm³/mol. The molecule has 0 saturated heterocycles. The fourth-order valence-electron chi connectivity index (χ4n) is 2.83. The second-order valence-corrected chi connectivity index (χ2v) is 6.81. The number of esters is 1. The molecule has 3 aromatic rings. The summed E-state index contributed by atoms with van der Waals surface area (Å²) in [6.07, 6.45) is 2.28. The van der Waals surface area contributed by atoms with Crippen molar-refractivity contribution < 1.29 is 18.7 Å². The summed E-state index contributed by atoms with van der Waals surface area (Å²) in [5.74, 6) is -0.328. The van der Waals surface area contributed by atoms with Crippen LogP contribution < -0.4 is 5.32 Å². The Bertz CT molecular complexity index is 971. The summed E-state index contributed by atoms with van der Waals surface area (Å²) in [5, 5.41) is 7.77. The molecule has 27 heavy (non-hydrogen) atoms. The smallest absolute Gasteiger partial charge is 0.311 e. The van der Waals surface area contributed by atoms with E-state index in [2.05, 4.69) is 10.4 Å². The first-order valence-corrected chi connectivity index (χ1v) is 8.85. The average molecular weight is 369 g/mol. The van der Waals surface area contributed by atoms with Gasteiger partial charge in [-0.1, -0.05) is 12.1 Å². The van der Waals surface area contributed by atoms with Gasteiger partial charge in [-0.3, -0.25) is 9.59 Å². The summed E-state index contributed by atoms with van der Waals surface area (Å²) < 4.78 is 12.5. The van der Waals surface area contributed by atoms with Crippen molar-refractivity contribution in [2.75, 3.05) is 5.32 Å². The Morgan fingerprint density at radius 2 is 2.04 bits per heavy atom. The lowest BCUT2D eigenvalue weighted by Crippen LogP contribution is -2.31. The number of hydrogen-bond donors (Lipinski definition) is 1. The highest BCUT2D eigenvalue weighted by molar-refractivity contribution is 5.95. The van der Waals surface area contributed by atoms with E-state index in [-0.39, 0.29) is 12.5 Å². The van der Waals surface area contributed by atoms with Gasteiger partial charge in [-0.05, 0) is 39.3 Å². The van der Waals surface area contributed by atoms with Crippen molar-refractivity contribution in [2.24, 2.45) is 0 Å². The van der Waals surface area contributed by atoms with Crippen molar-refractivity contribution >= 4 is 28.7 Å². The van der Waals surface area contributed by atoms with Crippen molar-refractivity contribution in [1.29, 1.82) is 0 Å². The van der Waals surface area contributed by atoms with E-state index in [0.717, 1.165) is 22.1 Å². The number of amides is 1. The standard InChI is InChI=1S/C20H23N3O4/c1-12(2)23-18(7-8-21-23)22-20(25)14(4)27-19(24)10-15-11-26-17-9-13(3)5-6-16(15)17/h5-9,11-12,14H,10H2,1-4H3,(H,22,25)/t14-/m1/s1. The fraction of sp³-hybridized carbons (Fsp3) is 0.350. The Morgan fingerprint density at radius 3 is 2.78 bits per heavy atom. The highest BCUT2D eigenvalue weighted by Gasteiger charge is 2.21. The number of ether oxygens (including phenoxy) is 1. The van der Waals surface area contributed by atoms with Crippen LogP contribution in [0.15, 0.2) is 41.1 Å². The number of rotatable bonds is 6. The first kappa shape index (κ1) is 18.7. The Labute approximate surface area is 157 Å². The van der Waals surface area contributed by atoms with Crippen LogP contribution in [0.1, 0.15) is 37.9 Å². The van der Waals surface area contributed by atoms with Crippen LogP contribution >= 0.6 is 0 Å². The van der Waals surface area contributed by atoms with Crippen LogP contribution in [0.5, 0.6) is 0 Å². The zero-order valence-corrected chi connectivity index (χ0v) is 15.9. The van der Waals surface area contributed by atoms with Crippen molar-refractivity contribution in [2.45, 2.75) is 46.3 Å². The minimum atomic E-state index is -0.923. The van der Waals surface area contributed by atoms with Crippen LogP contribution in [0.25, 0.3) is 11.0 Å². The maximum absolute atomic E-state index is 12.3. The van der Waals surface area contributed by atoms with Crippen LogP contribution in [-0.4, -0.2) is 27.8 Å². The SMILES string of the molecule is Cc1ccc2c(CC(=O)O[C@H](C)C(=O)Nc3ccnn3C(C)C)coc2c1. The summed E-state index contributed by atoms with van der Waals surface area (Å²) in [4.78, 5) is 24.6. The molecule has 0 unspecified atom stereocenters. The van der Waals surface area contributed by atoms with Gasteiger partial charge in [0.05, 0.1) is 18.9 Å². The lowest BCUT2D eigenvalue weighted by molar-refractivity contribution is -0.152. The molecule has 0 fully saturated rings.